The number of hydrogen-bond donors (Lipinski definition) is 2. The third-order valence-electron chi connectivity index (χ3n) is 3.93. The molecule has 0 fully saturated rings. The van der Waals surface area contributed by atoms with E-state index in [1.54, 1.807) is 19.3 Å². The lowest BCUT2D eigenvalue weighted by molar-refractivity contribution is 0.0951. The summed E-state index contributed by atoms with van der Waals surface area (Å²) >= 11 is 1.27. The van der Waals surface area contributed by atoms with Gasteiger partial charge in [-0.1, -0.05) is 0 Å². The van der Waals surface area contributed by atoms with Crippen LogP contribution in [0.2, 0.25) is 0 Å². The van der Waals surface area contributed by atoms with Gasteiger partial charge in [0.2, 0.25) is 5.88 Å². The summed E-state index contributed by atoms with van der Waals surface area (Å²) in [5.74, 6) is 1.75. The predicted molar refractivity (Wildman–Crippen MR) is 109 cm³/mol. The summed E-state index contributed by atoms with van der Waals surface area (Å²) < 4.78 is 15.4. The second kappa shape index (κ2) is 9.18. The minimum atomic E-state index is -0.165. The third kappa shape index (κ3) is 4.77. The number of amides is 1. The van der Waals surface area contributed by atoms with Crippen molar-refractivity contribution in [3.63, 3.8) is 0 Å². The van der Waals surface area contributed by atoms with Gasteiger partial charge in [0, 0.05) is 25.9 Å². The van der Waals surface area contributed by atoms with Crippen molar-refractivity contribution < 1.29 is 14.3 Å². The third-order valence-corrected chi connectivity index (χ3v) is 4.88. The number of pyridine rings is 1. The van der Waals surface area contributed by atoms with Gasteiger partial charge in [0.25, 0.3) is 5.91 Å². The van der Waals surface area contributed by atoms with Gasteiger partial charge < -0.3 is 20.1 Å². The number of nitrogens with one attached hydrogen (secondary N) is 2. The maximum absolute atomic E-state index is 12.5. The molecule has 0 saturated heterocycles. The number of aromatic nitrogens is 2. The number of aryl methyl sites for hydroxylation is 1. The Morgan fingerprint density at radius 3 is 2.64 bits per heavy atom. The number of rotatable bonds is 8. The highest BCUT2D eigenvalue weighted by molar-refractivity contribution is 7.10. The van der Waals surface area contributed by atoms with Crippen LogP contribution >= 0.6 is 11.5 Å². The van der Waals surface area contributed by atoms with Crippen LogP contribution in [-0.2, 0) is 6.54 Å². The van der Waals surface area contributed by atoms with Gasteiger partial charge in [-0.05, 0) is 61.3 Å². The van der Waals surface area contributed by atoms with Crippen molar-refractivity contribution in [3.05, 3.63) is 59.4 Å². The number of benzene rings is 1. The van der Waals surface area contributed by atoms with E-state index in [4.69, 9.17) is 9.47 Å². The molecular formula is C20H22N4O3S. The summed E-state index contributed by atoms with van der Waals surface area (Å²) in [5.41, 5.74) is 2.17. The Labute approximate surface area is 167 Å². The summed E-state index contributed by atoms with van der Waals surface area (Å²) in [4.78, 5) is 16.7. The summed E-state index contributed by atoms with van der Waals surface area (Å²) in [6.07, 6.45) is 1.65. The zero-order valence-corrected chi connectivity index (χ0v) is 16.8. The maximum atomic E-state index is 12.5. The van der Waals surface area contributed by atoms with Crippen LogP contribution in [0.1, 0.15) is 28.5 Å². The second-order valence-electron chi connectivity index (χ2n) is 5.91. The zero-order valence-electron chi connectivity index (χ0n) is 16.0. The fraction of sp³-hybridized carbons (Fsp3) is 0.250. The molecule has 7 nitrogen and oxygen atoms in total. The Balaban J connectivity index is 1.63. The molecule has 2 N–H and O–H groups in total. The van der Waals surface area contributed by atoms with Gasteiger partial charge in [-0.15, -0.1) is 0 Å². The van der Waals surface area contributed by atoms with E-state index in [9.17, 15) is 4.79 Å². The van der Waals surface area contributed by atoms with Crippen molar-refractivity contribution in [2.75, 3.05) is 19.0 Å². The highest BCUT2D eigenvalue weighted by Gasteiger charge is 2.17. The SMILES string of the molecule is CCOc1ccc(Oc2cc(CNC(=O)c3c(C)nsc3NC)ccn2)cc1. The Hall–Kier alpha value is -3.13. The van der Waals surface area contributed by atoms with Crippen molar-refractivity contribution in [2.24, 2.45) is 0 Å². The average Bonchev–Trinajstić information content (AvgIpc) is 3.09. The molecule has 0 saturated carbocycles. The predicted octanol–water partition coefficient (Wildman–Crippen LogP) is 4.01. The summed E-state index contributed by atoms with van der Waals surface area (Å²) in [5, 5.41) is 6.67. The number of anilines is 1. The summed E-state index contributed by atoms with van der Waals surface area (Å²) in [7, 11) is 1.77. The molecule has 28 heavy (non-hydrogen) atoms. The van der Waals surface area contributed by atoms with Crippen molar-refractivity contribution in [2.45, 2.75) is 20.4 Å². The van der Waals surface area contributed by atoms with Gasteiger partial charge in [-0.2, -0.15) is 4.37 Å². The Morgan fingerprint density at radius 1 is 1.18 bits per heavy atom. The van der Waals surface area contributed by atoms with Gasteiger partial charge in [-0.3, -0.25) is 4.79 Å². The van der Waals surface area contributed by atoms with Crippen molar-refractivity contribution in [1.29, 1.82) is 0 Å². The van der Waals surface area contributed by atoms with Gasteiger partial charge >= 0.3 is 0 Å². The minimum absolute atomic E-state index is 0.165. The normalized spacial score (nSPS) is 10.4. The lowest BCUT2D eigenvalue weighted by Crippen LogP contribution is -2.23. The molecule has 0 spiro atoms. The van der Waals surface area contributed by atoms with E-state index in [1.807, 2.05) is 44.2 Å². The molecule has 2 heterocycles. The van der Waals surface area contributed by atoms with E-state index < -0.39 is 0 Å². The van der Waals surface area contributed by atoms with Gasteiger partial charge in [-0.25, -0.2) is 4.98 Å². The number of ether oxygens (including phenoxy) is 2. The van der Waals surface area contributed by atoms with Crippen molar-refractivity contribution in [3.8, 4) is 17.4 Å². The molecular weight excluding hydrogens is 376 g/mol. The molecule has 146 valence electrons. The van der Waals surface area contributed by atoms with Crippen LogP contribution in [0.4, 0.5) is 5.00 Å². The number of hydrogen-bond acceptors (Lipinski definition) is 7. The molecule has 2 aromatic heterocycles. The molecule has 0 bridgehead atoms. The monoisotopic (exact) mass is 398 g/mol. The lowest BCUT2D eigenvalue weighted by atomic mass is 10.2. The van der Waals surface area contributed by atoms with E-state index in [-0.39, 0.29) is 5.91 Å². The first-order valence-corrected chi connectivity index (χ1v) is 9.66. The highest BCUT2D eigenvalue weighted by Crippen LogP contribution is 2.25. The van der Waals surface area contributed by atoms with Crippen LogP contribution in [0.3, 0.4) is 0 Å². The highest BCUT2D eigenvalue weighted by atomic mass is 32.1. The largest absolute Gasteiger partial charge is 0.494 e. The molecule has 0 aliphatic heterocycles. The smallest absolute Gasteiger partial charge is 0.256 e. The molecule has 8 heteroatoms. The van der Waals surface area contributed by atoms with Gasteiger partial charge in [0.15, 0.2) is 0 Å². The van der Waals surface area contributed by atoms with E-state index in [0.29, 0.717) is 36.0 Å². The average molecular weight is 398 g/mol. The quantitative estimate of drug-likeness (QED) is 0.596. The molecule has 3 rings (SSSR count). The topological polar surface area (TPSA) is 85.4 Å². The fourth-order valence-electron chi connectivity index (χ4n) is 2.59. The standard InChI is InChI=1S/C20H22N4O3S/c1-4-26-15-5-7-16(8-6-15)27-17-11-14(9-10-22-17)12-23-19(25)18-13(2)24-28-20(18)21-3/h5-11,21H,4,12H2,1-3H3,(H,23,25). The Kier molecular flexibility index (Phi) is 6.44. The molecule has 3 aromatic rings. The minimum Gasteiger partial charge on any atom is -0.494 e. The van der Waals surface area contributed by atoms with Crippen LogP contribution in [0, 0.1) is 6.92 Å². The van der Waals surface area contributed by atoms with Crippen LogP contribution in [0.25, 0.3) is 0 Å². The summed E-state index contributed by atoms with van der Waals surface area (Å²) in [6.45, 7) is 4.74. The molecule has 0 aliphatic carbocycles. The first-order chi connectivity index (χ1) is 13.6. The zero-order chi connectivity index (χ0) is 19.9. The number of carbonyl (C=O) groups excluding carboxylic acids is 1. The fourth-order valence-corrected chi connectivity index (χ4v) is 3.33. The van der Waals surface area contributed by atoms with E-state index in [1.165, 1.54) is 11.5 Å². The maximum Gasteiger partial charge on any atom is 0.256 e. The first-order valence-electron chi connectivity index (χ1n) is 8.88. The van der Waals surface area contributed by atoms with Crippen molar-refractivity contribution in [1.82, 2.24) is 14.7 Å². The Bertz CT molecular complexity index is 941. The molecule has 1 aromatic carbocycles. The van der Waals surface area contributed by atoms with Gasteiger partial charge in [0.1, 0.15) is 16.5 Å². The van der Waals surface area contributed by atoms with Crippen LogP contribution < -0.4 is 20.1 Å². The molecule has 1 amide bonds. The number of carbonyl (C=O) groups is 1. The van der Waals surface area contributed by atoms with Gasteiger partial charge in [0.05, 0.1) is 17.9 Å². The first kappa shape index (κ1) is 19.6. The van der Waals surface area contributed by atoms with Crippen LogP contribution in [0.5, 0.6) is 17.4 Å². The number of nitrogens with zero attached hydrogens (tertiary/aromatic N) is 2. The lowest BCUT2D eigenvalue weighted by Gasteiger charge is -2.09. The van der Waals surface area contributed by atoms with Crippen LogP contribution in [-0.4, -0.2) is 28.9 Å². The van der Waals surface area contributed by atoms with Crippen molar-refractivity contribution >= 4 is 22.4 Å². The molecule has 0 atom stereocenters. The molecule has 0 unspecified atom stereocenters. The van der Waals surface area contributed by atoms with E-state index in [2.05, 4.69) is 20.0 Å². The molecule has 0 aliphatic rings. The van der Waals surface area contributed by atoms with Crippen LogP contribution in [0.15, 0.2) is 42.6 Å². The van der Waals surface area contributed by atoms with E-state index in [0.717, 1.165) is 16.3 Å². The second-order valence-corrected chi connectivity index (χ2v) is 6.69. The Morgan fingerprint density at radius 2 is 1.93 bits per heavy atom. The van der Waals surface area contributed by atoms with E-state index >= 15 is 0 Å². The summed E-state index contributed by atoms with van der Waals surface area (Å²) in [6, 6.07) is 11.0. The molecule has 0 radical (unpaired) electrons.